The van der Waals surface area contributed by atoms with Crippen LogP contribution in [0.15, 0.2) is 29.1 Å². The van der Waals surface area contributed by atoms with Crippen LogP contribution in [0.1, 0.15) is 35.5 Å². The molecule has 0 atom stereocenters. The molecule has 29 heavy (non-hydrogen) atoms. The van der Waals surface area contributed by atoms with Gasteiger partial charge in [0.05, 0.1) is 18.2 Å². The van der Waals surface area contributed by atoms with E-state index in [4.69, 9.17) is 4.74 Å². The van der Waals surface area contributed by atoms with E-state index < -0.39 is 0 Å². The predicted octanol–water partition coefficient (Wildman–Crippen LogP) is 4.13. The van der Waals surface area contributed by atoms with Crippen molar-refractivity contribution >= 4 is 44.9 Å². The molecule has 0 aliphatic heterocycles. The largest absolute Gasteiger partial charge is 0.497 e. The maximum atomic E-state index is 12.6. The van der Waals surface area contributed by atoms with Crippen LogP contribution < -0.4 is 15.6 Å². The number of benzene rings is 1. The van der Waals surface area contributed by atoms with Gasteiger partial charge in [-0.1, -0.05) is 6.07 Å². The highest BCUT2D eigenvalue weighted by Gasteiger charge is 2.19. The van der Waals surface area contributed by atoms with Crippen LogP contribution >= 0.6 is 23.1 Å². The summed E-state index contributed by atoms with van der Waals surface area (Å²) in [4.78, 5) is 34.5. The number of ether oxygens (including phenoxy) is 1. The second kappa shape index (κ2) is 9.00. The SMILES string of the molecule is COc1cccc(NC(=O)CCSCc2nc3sc4c(c3c(=O)[nH]2)CCCC4)c1. The molecule has 8 heteroatoms. The zero-order valence-corrected chi connectivity index (χ0v) is 17.9. The number of carbonyl (C=O) groups is 1. The Bertz CT molecular complexity index is 1090. The van der Waals surface area contributed by atoms with Gasteiger partial charge in [-0.2, -0.15) is 11.8 Å². The maximum absolute atomic E-state index is 12.6. The second-order valence-corrected chi connectivity index (χ2v) is 9.18. The predicted molar refractivity (Wildman–Crippen MR) is 119 cm³/mol. The van der Waals surface area contributed by atoms with E-state index in [2.05, 4.69) is 15.3 Å². The number of hydrogen-bond acceptors (Lipinski definition) is 6. The van der Waals surface area contributed by atoms with Gasteiger partial charge in [0.1, 0.15) is 16.4 Å². The van der Waals surface area contributed by atoms with Gasteiger partial charge in [0.2, 0.25) is 5.91 Å². The summed E-state index contributed by atoms with van der Waals surface area (Å²) in [6.07, 6.45) is 4.77. The van der Waals surface area contributed by atoms with E-state index in [0.29, 0.717) is 29.5 Å². The number of rotatable bonds is 7. The summed E-state index contributed by atoms with van der Waals surface area (Å²) in [5, 5.41) is 3.66. The standard InChI is InChI=1S/C21H23N3O3S2/c1-27-14-6-4-5-13(11-14)22-18(25)9-10-28-12-17-23-20(26)19-15-7-2-3-8-16(15)29-21(19)24-17/h4-6,11H,2-3,7-10,12H2,1H3,(H,22,25)(H,23,24,26). The van der Waals surface area contributed by atoms with Crippen LogP contribution in [-0.2, 0) is 23.4 Å². The van der Waals surface area contributed by atoms with Crippen LogP contribution in [0.3, 0.4) is 0 Å². The summed E-state index contributed by atoms with van der Waals surface area (Å²) in [6, 6.07) is 7.29. The smallest absolute Gasteiger partial charge is 0.259 e. The summed E-state index contributed by atoms with van der Waals surface area (Å²) in [5.74, 6) is 2.57. The molecule has 1 amide bonds. The summed E-state index contributed by atoms with van der Waals surface area (Å²) >= 11 is 3.25. The average Bonchev–Trinajstić information content (AvgIpc) is 3.10. The Morgan fingerprint density at radius 2 is 2.21 bits per heavy atom. The summed E-state index contributed by atoms with van der Waals surface area (Å²) in [5.41, 5.74) is 1.90. The number of nitrogens with one attached hydrogen (secondary N) is 2. The minimum absolute atomic E-state index is 0.0271. The van der Waals surface area contributed by atoms with Crippen molar-refractivity contribution in [1.82, 2.24) is 9.97 Å². The average molecular weight is 430 g/mol. The lowest BCUT2D eigenvalue weighted by Gasteiger charge is -2.09. The van der Waals surface area contributed by atoms with E-state index >= 15 is 0 Å². The molecular formula is C21H23N3O3S2. The van der Waals surface area contributed by atoms with E-state index in [1.54, 1.807) is 36.3 Å². The molecule has 0 saturated heterocycles. The number of hydrogen-bond donors (Lipinski definition) is 2. The zero-order chi connectivity index (χ0) is 20.2. The topological polar surface area (TPSA) is 84.1 Å². The van der Waals surface area contributed by atoms with Crippen LogP contribution in [0.4, 0.5) is 5.69 Å². The summed E-state index contributed by atoms with van der Waals surface area (Å²) in [7, 11) is 1.60. The quantitative estimate of drug-likeness (QED) is 0.552. The fraction of sp³-hybridized carbons (Fsp3) is 0.381. The Balaban J connectivity index is 1.32. The van der Waals surface area contributed by atoms with Gasteiger partial charge in [0, 0.05) is 28.8 Å². The lowest BCUT2D eigenvalue weighted by molar-refractivity contribution is -0.115. The highest BCUT2D eigenvalue weighted by molar-refractivity contribution is 7.98. The molecular weight excluding hydrogens is 406 g/mol. The van der Waals surface area contributed by atoms with E-state index in [9.17, 15) is 9.59 Å². The molecule has 2 aromatic heterocycles. The first kappa shape index (κ1) is 20.0. The molecule has 1 aliphatic rings. The second-order valence-electron chi connectivity index (χ2n) is 6.99. The number of fused-ring (bicyclic) bond motifs is 3. The Labute approximate surface area is 177 Å². The number of H-pyrrole nitrogens is 1. The van der Waals surface area contributed by atoms with E-state index in [1.165, 1.54) is 16.9 Å². The molecule has 0 spiro atoms. The number of nitrogens with zero attached hydrogens (tertiary/aromatic N) is 1. The molecule has 2 N–H and O–H groups in total. The van der Waals surface area contributed by atoms with Crippen LogP contribution in [0.5, 0.6) is 5.75 Å². The molecule has 2 heterocycles. The summed E-state index contributed by atoms with van der Waals surface area (Å²) < 4.78 is 5.16. The molecule has 4 rings (SSSR count). The highest BCUT2D eigenvalue weighted by Crippen LogP contribution is 2.33. The Morgan fingerprint density at radius 3 is 3.07 bits per heavy atom. The van der Waals surface area contributed by atoms with Crippen molar-refractivity contribution in [1.29, 1.82) is 0 Å². The lowest BCUT2D eigenvalue weighted by atomic mass is 9.97. The third-order valence-electron chi connectivity index (χ3n) is 4.94. The monoisotopic (exact) mass is 429 g/mol. The van der Waals surface area contributed by atoms with Crippen molar-refractivity contribution in [2.75, 3.05) is 18.2 Å². The number of thioether (sulfide) groups is 1. The van der Waals surface area contributed by atoms with Crippen LogP contribution in [-0.4, -0.2) is 28.7 Å². The Morgan fingerprint density at radius 1 is 1.34 bits per heavy atom. The number of aromatic nitrogens is 2. The lowest BCUT2D eigenvalue weighted by Crippen LogP contribution is -2.13. The van der Waals surface area contributed by atoms with E-state index in [1.807, 2.05) is 18.2 Å². The third kappa shape index (κ3) is 4.64. The van der Waals surface area contributed by atoms with Gasteiger partial charge in [-0.05, 0) is 43.4 Å². The molecule has 3 aromatic rings. The number of aromatic amines is 1. The first-order valence-corrected chi connectivity index (χ1v) is 11.7. The van der Waals surface area contributed by atoms with Gasteiger partial charge in [0.25, 0.3) is 5.56 Å². The maximum Gasteiger partial charge on any atom is 0.259 e. The molecule has 6 nitrogen and oxygen atoms in total. The van der Waals surface area contributed by atoms with Gasteiger partial charge >= 0.3 is 0 Å². The first-order chi connectivity index (χ1) is 14.1. The molecule has 152 valence electrons. The van der Waals surface area contributed by atoms with Gasteiger partial charge in [-0.15, -0.1) is 11.3 Å². The van der Waals surface area contributed by atoms with Crippen LogP contribution in [0.25, 0.3) is 10.2 Å². The Kier molecular flexibility index (Phi) is 6.20. The fourth-order valence-corrected chi connectivity index (χ4v) is 5.62. The number of anilines is 1. The number of thiophene rings is 1. The molecule has 0 bridgehead atoms. The number of amides is 1. The van der Waals surface area contributed by atoms with Crippen molar-refractivity contribution in [3.05, 3.63) is 50.9 Å². The van der Waals surface area contributed by atoms with Crippen LogP contribution in [0, 0.1) is 0 Å². The van der Waals surface area contributed by atoms with Gasteiger partial charge in [-0.25, -0.2) is 4.98 Å². The minimum atomic E-state index is -0.0476. The molecule has 0 fully saturated rings. The van der Waals surface area contributed by atoms with Gasteiger partial charge in [0.15, 0.2) is 0 Å². The normalized spacial score (nSPS) is 13.3. The number of aryl methyl sites for hydroxylation is 2. The van der Waals surface area contributed by atoms with Crippen molar-refractivity contribution in [2.45, 2.75) is 37.9 Å². The molecule has 0 unspecified atom stereocenters. The van der Waals surface area contributed by atoms with Crippen molar-refractivity contribution in [2.24, 2.45) is 0 Å². The number of methoxy groups -OCH3 is 1. The van der Waals surface area contributed by atoms with Crippen molar-refractivity contribution < 1.29 is 9.53 Å². The molecule has 1 aliphatic carbocycles. The minimum Gasteiger partial charge on any atom is -0.497 e. The molecule has 1 aromatic carbocycles. The third-order valence-corrected chi connectivity index (χ3v) is 7.10. The highest BCUT2D eigenvalue weighted by atomic mass is 32.2. The Hall–Kier alpha value is -2.32. The number of carbonyl (C=O) groups excluding carboxylic acids is 1. The van der Waals surface area contributed by atoms with E-state index in [-0.39, 0.29) is 11.5 Å². The molecule has 0 saturated carbocycles. The fourth-order valence-electron chi connectivity index (χ4n) is 3.53. The van der Waals surface area contributed by atoms with Crippen LogP contribution in [0.2, 0.25) is 0 Å². The first-order valence-electron chi connectivity index (χ1n) is 9.69. The van der Waals surface area contributed by atoms with Gasteiger partial charge in [-0.3, -0.25) is 9.59 Å². The zero-order valence-electron chi connectivity index (χ0n) is 16.2. The van der Waals surface area contributed by atoms with Crippen molar-refractivity contribution in [3.63, 3.8) is 0 Å². The van der Waals surface area contributed by atoms with E-state index in [0.717, 1.165) is 35.2 Å². The van der Waals surface area contributed by atoms with Crippen molar-refractivity contribution in [3.8, 4) is 5.75 Å². The summed E-state index contributed by atoms with van der Waals surface area (Å²) in [6.45, 7) is 0. The van der Waals surface area contributed by atoms with Gasteiger partial charge < -0.3 is 15.0 Å². The molecule has 0 radical (unpaired) electrons.